The summed E-state index contributed by atoms with van der Waals surface area (Å²) in [5.41, 5.74) is 4.64. The summed E-state index contributed by atoms with van der Waals surface area (Å²) in [4.78, 5) is 15.6. The molecular weight excluding hydrogens is 367 g/mol. The molecule has 0 aliphatic rings. The van der Waals surface area contributed by atoms with Crippen LogP contribution in [0.3, 0.4) is 0 Å². The van der Waals surface area contributed by atoms with Crippen molar-refractivity contribution in [3.05, 3.63) is 89.5 Å². The third-order valence-electron chi connectivity index (χ3n) is 3.46. The van der Waals surface area contributed by atoms with Gasteiger partial charge in [0.2, 0.25) is 0 Å². The van der Waals surface area contributed by atoms with Gasteiger partial charge in [-0.1, -0.05) is 49.1 Å². The largest absolute Gasteiger partial charge is 0.478 e. The second kappa shape index (κ2) is 10.3. The zero-order valence-electron chi connectivity index (χ0n) is 15.9. The van der Waals surface area contributed by atoms with E-state index in [4.69, 9.17) is 5.11 Å². The molecule has 1 N–H and O–H groups in total. The Labute approximate surface area is 162 Å². The molecule has 0 aromatic heterocycles. The van der Waals surface area contributed by atoms with Crippen LogP contribution in [0.4, 0.5) is 13.2 Å². The molecule has 0 heterocycles. The highest BCUT2D eigenvalue weighted by molar-refractivity contribution is 6.11. The molecule has 0 unspecified atom stereocenters. The number of aliphatic imine (C=N–C) groups is 1. The van der Waals surface area contributed by atoms with E-state index in [-0.39, 0.29) is 12.5 Å². The highest BCUT2D eigenvalue weighted by Gasteiger charge is 2.15. The van der Waals surface area contributed by atoms with E-state index in [1.807, 2.05) is 50.3 Å². The summed E-state index contributed by atoms with van der Waals surface area (Å²) in [6, 6.07) is 14.6. The lowest BCUT2D eigenvalue weighted by Gasteiger charge is -2.08. The maximum absolute atomic E-state index is 10.9. The maximum Gasteiger partial charge on any atom is 0.386 e. The average molecular weight is 389 g/mol. The Bertz CT molecular complexity index is 873. The lowest BCUT2D eigenvalue weighted by atomic mass is 10.0. The normalized spacial score (nSPS) is 11.7. The molecule has 0 aliphatic carbocycles. The molecule has 148 valence electrons. The fourth-order valence-electron chi connectivity index (χ4n) is 2.24. The quantitative estimate of drug-likeness (QED) is 0.610. The number of allylic oxidation sites excluding steroid dienone is 2. The van der Waals surface area contributed by atoms with Crippen LogP contribution in [0.15, 0.2) is 72.3 Å². The smallest absolute Gasteiger partial charge is 0.386 e. The van der Waals surface area contributed by atoms with Gasteiger partial charge in [0.1, 0.15) is 0 Å². The number of halogens is 3. The van der Waals surface area contributed by atoms with Crippen LogP contribution >= 0.6 is 0 Å². The number of carboxylic acid groups (broad SMARTS) is 1. The number of hydrogen-bond acceptors (Lipinski definition) is 2. The van der Waals surface area contributed by atoms with Gasteiger partial charge in [-0.2, -0.15) is 13.2 Å². The Kier molecular flexibility index (Phi) is 8.38. The van der Waals surface area contributed by atoms with Crippen molar-refractivity contribution in [2.45, 2.75) is 26.9 Å². The van der Waals surface area contributed by atoms with E-state index in [2.05, 4.69) is 11.6 Å². The molecule has 0 spiro atoms. The van der Waals surface area contributed by atoms with E-state index in [1.165, 1.54) is 0 Å². The van der Waals surface area contributed by atoms with Crippen LogP contribution in [-0.4, -0.2) is 23.0 Å². The molecule has 3 nitrogen and oxygen atoms in total. The number of aromatic carboxylic acids is 1. The van der Waals surface area contributed by atoms with Crippen LogP contribution in [0, 0.1) is 6.92 Å². The zero-order chi connectivity index (χ0) is 21.3. The molecule has 0 fully saturated rings. The molecule has 0 bridgehead atoms. The summed E-state index contributed by atoms with van der Waals surface area (Å²) in [5.74, 6) is -0.939. The monoisotopic (exact) mass is 389 g/mol. The number of carbonyl (C=O) groups is 1. The number of rotatable bonds is 5. The molecule has 2 aromatic rings. The molecule has 0 atom stereocenters. The molecule has 28 heavy (non-hydrogen) atoms. The van der Waals surface area contributed by atoms with Crippen molar-refractivity contribution in [1.82, 2.24) is 0 Å². The summed E-state index contributed by atoms with van der Waals surface area (Å²) in [6.07, 6.45) is -0.214. The van der Waals surface area contributed by atoms with Crippen LogP contribution in [-0.2, 0) is 0 Å². The van der Waals surface area contributed by atoms with Crippen molar-refractivity contribution >= 4 is 17.4 Å². The first kappa shape index (κ1) is 22.9. The van der Waals surface area contributed by atoms with Gasteiger partial charge >= 0.3 is 12.1 Å². The molecular formula is C22H22F3NO2. The number of hydrogen-bond donors (Lipinski definition) is 1. The van der Waals surface area contributed by atoms with E-state index in [0.717, 1.165) is 22.4 Å². The van der Waals surface area contributed by atoms with E-state index in [1.54, 1.807) is 24.3 Å². The van der Waals surface area contributed by atoms with E-state index in [0.29, 0.717) is 5.70 Å². The van der Waals surface area contributed by atoms with Gasteiger partial charge in [0.15, 0.2) is 0 Å². The Hall–Kier alpha value is -3.15. The van der Waals surface area contributed by atoms with Crippen LogP contribution in [0.2, 0.25) is 0 Å². The van der Waals surface area contributed by atoms with Gasteiger partial charge in [0.25, 0.3) is 0 Å². The highest BCUT2D eigenvalue weighted by Crippen LogP contribution is 2.20. The number of benzene rings is 2. The second-order valence-corrected chi connectivity index (χ2v) is 5.92. The van der Waals surface area contributed by atoms with E-state index in [9.17, 15) is 18.0 Å². The van der Waals surface area contributed by atoms with Crippen molar-refractivity contribution in [3.63, 3.8) is 0 Å². The van der Waals surface area contributed by atoms with Crippen molar-refractivity contribution in [2.24, 2.45) is 4.99 Å². The van der Waals surface area contributed by atoms with Crippen molar-refractivity contribution in [1.29, 1.82) is 0 Å². The van der Waals surface area contributed by atoms with E-state index < -0.39 is 12.1 Å². The van der Waals surface area contributed by atoms with Crippen molar-refractivity contribution in [3.8, 4) is 0 Å². The Balaban J connectivity index is 0.000000696. The Morgan fingerprint density at radius 2 is 1.57 bits per heavy atom. The SMILES string of the molecule is C=C(N=C(/C=C\C)c1ccc(C(=O)O)cc1)c1ccccc1C.CC(F)(F)F. The first-order valence-corrected chi connectivity index (χ1v) is 8.39. The van der Waals surface area contributed by atoms with Gasteiger partial charge in [-0.15, -0.1) is 0 Å². The third kappa shape index (κ3) is 8.03. The summed E-state index contributed by atoms with van der Waals surface area (Å²) in [5, 5.41) is 8.98. The van der Waals surface area contributed by atoms with Gasteiger partial charge in [0.05, 0.1) is 17.0 Å². The molecule has 0 aliphatic heterocycles. The minimum absolute atomic E-state index is 0.188. The summed E-state index contributed by atoms with van der Waals surface area (Å²) >= 11 is 0. The van der Waals surface area contributed by atoms with Crippen LogP contribution in [0.5, 0.6) is 0 Å². The molecule has 0 radical (unpaired) electrons. The van der Waals surface area contributed by atoms with Crippen LogP contribution in [0.1, 0.15) is 40.9 Å². The lowest BCUT2D eigenvalue weighted by Crippen LogP contribution is -2.01. The van der Waals surface area contributed by atoms with Gasteiger partial charge in [0, 0.05) is 18.1 Å². The average Bonchev–Trinajstić information content (AvgIpc) is 2.60. The minimum atomic E-state index is -4.00. The number of aryl methyl sites for hydroxylation is 1. The van der Waals surface area contributed by atoms with Crippen LogP contribution in [0.25, 0.3) is 5.70 Å². The summed E-state index contributed by atoms with van der Waals surface area (Å²) in [7, 11) is 0. The topological polar surface area (TPSA) is 49.7 Å². The maximum atomic E-state index is 10.9. The van der Waals surface area contributed by atoms with Gasteiger partial charge < -0.3 is 5.11 Å². The third-order valence-corrected chi connectivity index (χ3v) is 3.46. The van der Waals surface area contributed by atoms with Crippen molar-refractivity contribution in [2.75, 3.05) is 0 Å². The molecule has 0 saturated carbocycles. The van der Waals surface area contributed by atoms with Crippen LogP contribution < -0.4 is 0 Å². The van der Waals surface area contributed by atoms with Crippen molar-refractivity contribution < 1.29 is 23.1 Å². The summed E-state index contributed by atoms with van der Waals surface area (Å²) in [6.45, 7) is 8.19. The molecule has 2 rings (SSSR count). The zero-order valence-corrected chi connectivity index (χ0v) is 15.9. The first-order chi connectivity index (χ1) is 13.0. The molecule has 0 amide bonds. The fourth-order valence-corrected chi connectivity index (χ4v) is 2.24. The number of alkyl halides is 3. The number of carboxylic acids is 1. The second-order valence-electron chi connectivity index (χ2n) is 5.92. The minimum Gasteiger partial charge on any atom is -0.478 e. The predicted molar refractivity (Wildman–Crippen MR) is 107 cm³/mol. The molecule has 0 saturated heterocycles. The summed E-state index contributed by atoms with van der Waals surface area (Å²) < 4.78 is 31.1. The standard InChI is InChI=1S/C20H19NO2.C2H3F3/c1-4-7-19(16-10-12-17(13-11-16)20(22)23)21-15(3)18-9-6-5-8-14(18)2;1-2(3,4)5/h4-13H,3H2,1-2H3,(H,22,23);1H3/b7-4-,21-19?;. The number of nitrogens with zero attached hydrogens (tertiary/aromatic N) is 1. The predicted octanol–water partition coefficient (Wildman–Crippen LogP) is 6.30. The van der Waals surface area contributed by atoms with Gasteiger partial charge in [-0.3, -0.25) is 0 Å². The highest BCUT2D eigenvalue weighted by atomic mass is 19.4. The molecule has 2 aromatic carbocycles. The lowest BCUT2D eigenvalue weighted by molar-refractivity contribution is -0.110. The first-order valence-electron chi connectivity index (χ1n) is 8.39. The fraction of sp³-hybridized carbons (Fsp3) is 0.182. The van der Waals surface area contributed by atoms with Gasteiger partial charge in [-0.05, 0) is 37.6 Å². The van der Waals surface area contributed by atoms with Gasteiger partial charge in [-0.25, -0.2) is 9.79 Å². The van der Waals surface area contributed by atoms with E-state index >= 15 is 0 Å². The molecule has 6 heteroatoms. The Morgan fingerprint density at radius 3 is 2.04 bits per heavy atom. The Morgan fingerprint density at radius 1 is 1.07 bits per heavy atom.